The zero-order chi connectivity index (χ0) is 8.81. The molecule has 12 heavy (non-hydrogen) atoms. The number of hydrogen-bond donors (Lipinski definition) is 0. The van der Waals surface area contributed by atoms with Gasteiger partial charge in [-0.15, -0.1) is 11.3 Å². The van der Waals surface area contributed by atoms with Crippen molar-refractivity contribution in [3.05, 3.63) is 28.5 Å². The van der Waals surface area contributed by atoms with Gasteiger partial charge in [-0.25, -0.2) is 0 Å². The predicted molar refractivity (Wildman–Crippen MR) is 54.4 cm³/mol. The van der Waals surface area contributed by atoms with Gasteiger partial charge in [-0.3, -0.25) is 0 Å². The van der Waals surface area contributed by atoms with E-state index in [0.29, 0.717) is 0 Å². The summed E-state index contributed by atoms with van der Waals surface area (Å²) in [6.45, 7) is 7.42. The summed E-state index contributed by atoms with van der Waals surface area (Å²) in [6.07, 6.45) is 2.95. The van der Waals surface area contributed by atoms with Gasteiger partial charge in [-0.05, 0) is 18.6 Å². The molecule has 1 aromatic heterocycles. The number of hydrogen-bond acceptors (Lipinski definition) is 2. The molecule has 0 amide bonds. The fraction of sp³-hybridized carbons (Fsp3) is 0.400. The monoisotopic (exact) mass is 182 g/mol. The van der Waals surface area contributed by atoms with E-state index in [2.05, 4.69) is 25.6 Å². The van der Waals surface area contributed by atoms with Crippen LogP contribution in [0.3, 0.4) is 0 Å². The minimum atomic E-state index is 0.742. The van der Waals surface area contributed by atoms with Gasteiger partial charge in [0.05, 0.1) is 6.61 Å². The molecule has 1 heterocycles. The van der Waals surface area contributed by atoms with Crippen molar-refractivity contribution in [3.8, 4) is 0 Å². The molecule has 0 aliphatic carbocycles. The minimum Gasteiger partial charge on any atom is -0.376 e. The first-order chi connectivity index (χ1) is 5.86. The summed E-state index contributed by atoms with van der Waals surface area (Å²) >= 11 is 1.74. The Bertz CT molecular complexity index is 240. The molecule has 1 rings (SSSR count). The molecule has 66 valence electrons. The molecule has 1 aromatic rings. The maximum atomic E-state index is 5.40. The standard InChI is InChI=1S/C10H14OS/c1-3-7-11-8-10-6-5-9(4-2)12-10/h4-6H,2-3,7-8H2,1H3. The molecule has 0 saturated heterocycles. The van der Waals surface area contributed by atoms with Gasteiger partial charge in [-0.2, -0.15) is 0 Å². The SMILES string of the molecule is C=Cc1ccc(COCCC)s1. The van der Waals surface area contributed by atoms with E-state index < -0.39 is 0 Å². The van der Waals surface area contributed by atoms with Crippen molar-refractivity contribution in [3.63, 3.8) is 0 Å². The lowest BCUT2D eigenvalue weighted by molar-refractivity contribution is 0.123. The Hall–Kier alpha value is -0.600. The fourth-order valence-electron chi connectivity index (χ4n) is 0.899. The molecule has 0 N–H and O–H groups in total. The van der Waals surface area contributed by atoms with Crippen LogP contribution in [-0.2, 0) is 11.3 Å². The lowest BCUT2D eigenvalue weighted by atomic mass is 10.4. The van der Waals surface area contributed by atoms with Gasteiger partial charge >= 0.3 is 0 Å². The van der Waals surface area contributed by atoms with Crippen molar-refractivity contribution in [2.24, 2.45) is 0 Å². The van der Waals surface area contributed by atoms with Crippen LogP contribution in [0.25, 0.3) is 6.08 Å². The van der Waals surface area contributed by atoms with E-state index in [1.807, 2.05) is 6.08 Å². The van der Waals surface area contributed by atoms with Gasteiger partial charge < -0.3 is 4.74 Å². The van der Waals surface area contributed by atoms with Gasteiger partial charge in [0, 0.05) is 16.4 Å². The van der Waals surface area contributed by atoms with Crippen molar-refractivity contribution in [2.75, 3.05) is 6.61 Å². The Morgan fingerprint density at radius 3 is 3.00 bits per heavy atom. The smallest absolute Gasteiger partial charge is 0.0809 e. The largest absolute Gasteiger partial charge is 0.376 e. The number of rotatable bonds is 5. The highest BCUT2D eigenvalue weighted by molar-refractivity contribution is 7.12. The third-order valence-corrected chi connectivity index (χ3v) is 2.53. The van der Waals surface area contributed by atoms with Crippen LogP contribution in [-0.4, -0.2) is 6.61 Å². The van der Waals surface area contributed by atoms with Gasteiger partial charge in [0.2, 0.25) is 0 Å². The second kappa shape index (κ2) is 5.12. The minimum absolute atomic E-state index is 0.742. The molecule has 0 spiro atoms. The molecular weight excluding hydrogens is 168 g/mol. The van der Waals surface area contributed by atoms with E-state index in [4.69, 9.17) is 4.74 Å². The van der Waals surface area contributed by atoms with Crippen LogP contribution in [0.1, 0.15) is 23.1 Å². The Kier molecular flexibility index (Phi) is 4.05. The van der Waals surface area contributed by atoms with Crippen LogP contribution in [0.2, 0.25) is 0 Å². The molecule has 0 aliphatic heterocycles. The zero-order valence-corrected chi connectivity index (χ0v) is 8.19. The lowest BCUT2D eigenvalue weighted by Gasteiger charge is -1.97. The van der Waals surface area contributed by atoms with Crippen LogP contribution < -0.4 is 0 Å². The lowest BCUT2D eigenvalue weighted by Crippen LogP contribution is -1.90. The van der Waals surface area contributed by atoms with Crippen LogP contribution >= 0.6 is 11.3 Å². The van der Waals surface area contributed by atoms with Gasteiger partial charge in [-0.1, -0.05) is 19.6 Å². The normalized spacial score (nSPS) is 10.1. The molecule has 0 saturated carbocycles. The Labute approximate surface area is 77.7 Å². The zero-order valence-electron chi connectivity index (χ0n) is 7.38. The third kappa shape index (κ3) is 2.80. The highest BCUT2D eigenvalue weighted by Crippen LogP contribution is 2.17. The predicted octanol–water partition coefficient (Wildman–Crippen LogP) is 3.32. The first-order valence-electron chi connectivity index (χ1n) is 4.15. The quantitative estimate of drug-likeness (QED) is 0.635. The maximum absolute atomic E-state index is 5.40. The van der Waals surface area contributed by atoms with Crippen LogP contribution in [0.4, 0.5) is 0 Å². The van der Waals surface area contributed by atoms with Crippen molar-refractivity contribution in [1.29, 1.82) is 0 Å². The Morgan fingerprint density at radius 2 is 2.42 bits per heavy atom. The van der Waals surface area contributed by atoms with E-state index in [-0.39, 0.29) is 0 Å². The summed E-state index contributed by atoms with van der Waals surface area (Å²) in [4.78, 5) is 2.49. The molecule has 0 radical (unpaired) electrons. The molecule has 1 nitrogen and oxygen atoms in total. The van der Waals surface area contributed by atoms with Crippen LogP contribution in [0.5, 0.6) is 0 Å². The van der Waals surface area contributed by atoms with Gasteiger partial charge in [0.1, 0.15) is 0 Å². The van der Waals surface area contributed by atoms with Crippen molar-refractivity contribution >= 4 is 17.4 Å². The first kappa shape index (κ1) is 9.49. The molecule has 0 unspecified atom stereocenters. The van der Waals surface area contributed by atoms with Gasteiger partial charge in [0.15, 0.2) is 0 Å². The maximum Gasteiger partial charge on any atom is 0.0809 e. The fourth-order valence-corrected chi connectivity index (χ4v) is 1.70. The summed E-state index contributed by atoms with van der Waals surface area (Å²) in [5.74, 6) is 0. The average molecular weight is 182 g/mol. The van der Waals surface area contributed by atoms with E-state index in [0.717, 1.165) is 19.6 Å². The van der Waals surface area contributed by atoms with Crippen LogP contribution in [0.15, 0.2) is 18.7 Å². The molecule has 0 atom stereocenters. The van der Waals surface area contributed by atoms with Crippen molar-refractivity contribution in [1.82, 2.24) is 0 Å². The molecule has 0 bridgehead atoms. The van der Waals surface area contributed by atoms with Crippen molar-refractivity contribution in [2.45, 2.75) is 20.0 Å². The highest BCUT2D eigenvalue weighted by atomic mass is 32.1. The van der Waals surface area contributed by atoms with E-state index in [9.17, 15) is 0 Å². The summed E-state index contributed by atoms with van der Waals surface area (Å²) in [5, 5.41) is 0. The molecular formula is C10H14OS. The molecule has 0 aromatic carbocycles. The Balaban J connectivity index is 2.36. The second-order valence-electron chi connectivity index (χ2n) is 2.56. The van der Waals surface area contributed by atoms with Crippen molar-refractivity contribution < 1.29 is 4.74 Å². The first-order valence-corrected chi connectivity index (χ1v) is 4.97. The third-order valence-electron chi connectivity index (χ3n) is 1.48. The van der Waals surface area contributed by atoms with E-state index in [1.54, 1.807) is 11.3 Å². The van der Waals surface area contributed by atoms with Gasteiger partial charge in [0.25, 0.3) is 0 Å². The average Bonchev–Trinajstić information content (AvgIpc) is 2.53. The molecule has 0 aliphatic rings. The summed E-state index contributed by atoms with van der Waals surface area (Å²) in [6, 6.07) is 4.17. The summed E-state index contributed by atoms with van der Waals surface area (Å²) in [5.41, 5.74) is 0. The topological polar surface area (TPSA) is 9.23 Å². The summed E-state index contributed by atoms with van der Waals surface area (Å²) in [7, 11) is 0. The Morgan fingerprint density at radius 1 is 1.58 bits per heavy atom. The molecule has 2 heteroatoms. The number of ether oxygens (including phenoxy) is 1. The van der Waals surface area contributed by atoms with E-state index >= 15 is 0 Å². The van der Waals surface area contributed by atoms with E-state index in [1.165, 1.54) is 9.75 Å². The highest BCUT2D eigenvalue weighted by Gasteiger charge is 1.96. The molecule has 0 fully saturated rings. The van der Waals surface area contributed by atoms with Crippen LogP contribution in [0, 0.1) is 0 Å². The summed E-state index contributed by atoms with van der Waals surface area (Å²) < 4.78 is 5.40. The number of thiophene rings is 1. The second-order valence-corrected chi connectivity index (χ2v) is 3.76.